The van der Waals surface area contributed by atoms with E-state index >= 15 is 0 Å². The molecule has 0 bridgehead atoms. The maximum Gasteiger partial charge on any atom is 0.243 e. The molecule has 2 fully saturated rings. The minimum atomic E-state index is -3.67. The zero-order chi connectivity index (χ0) is 21.6. The monoisotopic (exact) mass is 439 g/mol. The largest absolute Gasteiger partial charge is 0.440 e. The maximum atomic E-state index is 13.1. The lowest BCUT2D eigenvalue weighted by atomic mass is 9.98. The lowest BCUT2D eigenvalue weighted by Crippen LogP contribution is -2.38. The van der Waals surface area contributed by atoms with E-state index in [-0.39, 0.29) is 35.5 Å². The molecule has 2 amide bonds. The van der Waals surface area contributed by atoms with Gasteiger partial charge in [0.05, 0.1) is 10.6 Å². The van der Waals surface area contributed by atoms with Crippen LogP contribution in [0.1, 0.15) is 37.5 Å². The first-order valence-corrected chi connectivity index (χ1v) is 11.7. The Morgan fingerprint density at radius 1 is 0.903 bits per heavy atom. The molecule has 2 aliphatic rings. The SMILES string of the molecule is O=C1CCC(=O)N1c1ccc(S(=O)(=O)N2CCC(c3nc4ccccc4o3)CC2)cc1. The van der Waals surface area contributed by atoms with Crippen molar-refractivity contribution < 1.29 is 22.4 Å². The number of hydrogen-bond donors (Lipinski definition) is 0. The van der Waals surface area contributed by atoms with Crippen LogP contribution in [-0.2, 0) is 19.6 Å². The second-order valence-electron chi connectivity index (χ2n) is 7.81. The lowest BCUT2D eigenvalue weighted by Gasteiger charge is -2.29. The predicted octanol–water partition coefficient (Wildman–Crippen LogP) is 3.05. The number of imide groups is 1. The molecular weight excluding hydrogens is 418 g/mol. The molecule has 3 aromatic rings. The number of benzene rings is 2. The number of sulfonamides is 1. The van der Waals surface area contributed by atoms with E-state index in [9.17, 15) is 18.0 Å². The summed E-state index contributed by atoms with van der Waals surface area (Å²) >= 11 is 0. The van der Waals surface area contributed by atoms with Gasteiger partial charge >= 0.3 is 0 Å². The van der Waals surface area contributed by atoms with E-state index in [1.165, 1.54) is 28.6 Å². The van der Waals surface area contributed by atoms with E-state index < -0.39 is 10.0 Å². The average Bonchev–Trinajstić information content (AvgIpc) is 3.37. The number of piperidine rings is 1. The Labute approximate surface area is 179 Å². The molecule has 0 N–H and O–H groups in total. The summed E-state index contributed by atoms with van der Waals surface area (Å²) in [6.45, 7) is 0.743. The van der Waals surface area contributed by atoms with Gasteiger partial charge in [-0.15, -0.1) is 0 Å². The third kappa shape index (κ3) is 3.53. The van der Waals surface area contributed by atoms with Gasteiger partial charge in [0.2, 0.25) is 21.8 Å². The molecule has 0 saturated carbocycles. The molecule has 2 saturated heterocycles. The van der Waals surface area contributed by atoms with Crippen LogP contribution in [0.2, 0.25) is 0 Å². The Morgan fingerprint density at radius 3 is 2.19 bits per heavy atom. The standard InChI is InChI=1S/C22H21N3O5S/c26-20-9-10-21(27)25(20)16-5-7-17(8-6-16)31(28,29)24-13-11-15(12-14-24)22-23-18-3-1-2-4-19(18)30-22/h1-8,15H,9-14H2. The van der Waals surface area contributed by atoms with Crippen LogP contribution < -0.4 is 4.90 Å². The number of amides is 2. The molecule has 0 atom stereocenters. The number of oxazole rings is 1. The van der Waals surface area contributed by atoms with Gasteiger partial charge < -0.3 is 4.42 Å². The van der Waals surface area contributed by atoms with E-state index in [1.807, 2.05) is 24.3 Å². The average molecular weight is 439 g/mol. The number of carbonyl (C=O) groups is 2. The van der Waals surface area contributed by atoms with Crippen LogP contribution in [0, 0.1) is 0 Å². The minimum Gasteiger partial charge on any atom is -0.440 e. The first kappa shape index (κ1) is 19.9. The van der Waals surface area contributed by atoms with Crippen molar-refractivity contribution in [2.75, 3.05) is 18.0 Å². The molecule has 31 heavy (non-hydrogen) atoms. The number of anilines is 1. The van der Waals surface area contributed by atoms with Crippen molar-refractivity contribution in [3.05, 3.63) is 54.4 Å². The Balaban J connectivity index is 1.29. The normalized spacial score (nSPS) is 18.9. The predicted molar refractivity (Wildman–Crippen MR) is 113 cm³/mol. The summed E-state index contributed by atoms with van der Waals surface area (Å²) in [6.07, 6.45) is 1.63. The summed E-state index contributed by atoms with van der Waals surface area (Å²) < 4.78 is 33.5. The molecule has 2 aliphatic heterocycles. The number of nitrogens with zero attached hydrogens (tertiary/aromatic N) is 3. The third-order valence-electron chi connectivity index (χ3n) is 5.90. The van der Waals surface area contributed by atoms with E-state index in [0.29, 0.717) is 37.5 Å². The van der Waals surface area contributed by atoms with Crippen LogP contribution >= 0.6 is 0 Å². The van der Waals surface area contributed by atoms with Crippen molar-refractivity contribution in [2.24, 2.45) is 0 Å². The smallest absolute Gasteiger partial charge is 0.243 e. The first-order valence-electron chi connectivity index (χ1n) is 10.2. The molecule has 3 heterocycles. The van der Waals surface area contributed by atoms with Crippen LogP contribution in [0.15, 0.2) is 57.8 Å². The Morgan fingerprint density at radius 2 is 1.55 bits per heavy atom. The van der Waals surface area contributed by atoms with E-state index in [4.69, 9.17) is 4.42 Å². The molecule has 0 unspecified atom stereocenters. The summed E-state index contributed by atoms with van der Waals surface area (Å²) in [5.74, 6) is 0.208. The zero-order valence-corrected chi connectivity index (χ0v) is 17.5. The van der Waals surface area contributed by atoms with Gasteiger partial charge in [0.1, 0.15) is 5.52 Å². The topological polar surface area (TPSA) is 101 Å². The molecule has 5 rings (SSSR count). The van der Waals surface area contributed by atoms with Crippen LogP contribution in [0.25, 0.3) is 11.1 Å². The van der Waals surface area contributed by atoms with Gasteiger partial charge in [-0.2, -0.15) is 4.31 Å². The summed E-state index contributed by atoms with van der Waals surface area (Å²) in [7, 11) is -3.67. The Kier molecular flexibility index (Phi) is 4.86. The fraction of sp³-hybridized carbons (Fsp3) is 0.318. The summed E-state index contributed by atoms with van der Waals surface area (Å²) in [4.78, 5) is 29.6. The molecule has 1 aromatic heterocycles. The fourth-order valence-electron chi connectivity index (χ4n) is 4.19. The van der Waals surface area contributed by atoms with Crippen LogP contribution in [0.4, 0.5) is 5.69 Å². The Hall–Kier alpha value is -3.04. The van der Waals surface area contributed by atoms with Gasteiger partial charge in [0, 0.05) is 31.8 Å². The summed E-state index contributed by atoms with van der Waals surface area (Å²) in [6, 6.07) is 13.5. The van der Waals surface area contributed by atoms with Crippen LogP contribution in [-0.4, -0.2) is 42.6 Å². The molecule has 9 heteroatoms. The third-order valence-corrected chi connectivity index (χ3v) is 7.81. The van der Waals surface area contributed by atoms with E-state index in [2.05, 4.69) is 4.98 Å². The molecule has 0 radical (unpaired) electrons. The number of hydrogen-bond acceptors (Lipinski definition) is 6. The molecule has 0 spiro atoms. The highest BCUT2D eigenvalue weighted by Gasteiger charge is 2.33. The molecular formula is C22H21N3O5S. The number of aromatic nitrogens is 1. The first-order chi connectivity index (χ1) is 14.9. The van der Waals surface area contributed by atoms with Crippen molar-refractivity contribution in [3.8, 4) is 0 Å². The maximum absolute atomic E-state index is 13.1. The molecule has 160 valence electrons. The van der Waals surface area contributed by atoms with Gasteiger partial charge in [-0.3, -0.25) is 14.5 Å². The van der Waals surface area contributed by atoms with Crippen molar-refractivity contribution in [2.45, 2.75) is 36.5 Å². The van der Waals surface area contributed by atoms with Crippen molar-refractivity contribution in [3.63, 3.8) is 0 Å². The quantitative estimate of drug-likeness (QED) is 0.579. The molecule has 0 aliphatic carbocycles. The van der Waals surface area contributed by atoms with Gasteiger partial charge in [0.15, 0.2) is 11.5 Å². The van der Waals surface area contributed by atoms with E-state index in [0.717, 1.165) is 16.0 Å². The number of carbonyl (C=O) groups excluding carboxylic acids is 2. The number of para-hydroxylation sites is 2. The number of rotatable bonds is 4. The second-order valence-corrected chi connectivity index (χ2v) is 9.75. The summed E-state index contributed by atoms with van der Waals surface area (Å²) in [5.41, 5.74) is 1.95. The number of fused-ring (bicyclic) bond motifs is 1. The van der Waals surface area contributed by atoms with Gasteiger partial charge in [-0.05, 0) is 49.2 Å². The summed E-state index contributed by atoms with van der Waals surface area (Å²) in [5, 5.41) is 0. The van der Waals surface area contributed by atoms with E-state index in [1.54, 1.807) is 0 Å². The molecule has 8 nitrogen and oxygen atoms in total. The second kappa shape index (κ2) is 7.58. The minimum absolute atomic E-state index is 0.0772. The highest BCUT2D eigenvalue weighted by atomic mass is 32.2. The van der Waals surface area contributed by atoms with Crippen LogP contribution in [0.3, 0.4) is 0 Å². The lowest BCUT2D eigenvalue weighted by molar-refractivity contribution is -0.121. The van der Waals surface area contributed by atoms with Gasteiger partial charge in [0.25, 0.3) is 0 Å². The van der Waals surface area contributed by atoms with Crippen molar-refractivity contribution >= 4 is 38.6 Å². The fourth-order valence-corrected chi connectivity index (χ4v) is 5.66. The van der Waals surface area contributed by atoms with Gasteiger partial charge in [-0.25, -0.2) is 13.4 Å². The van der Waals surface area contributed by atoms with Crippen molar-refractivity contribution in [1.29, 1.82) is 0 Å². The van der Waals surface area contributed by atoms with Gasteiger partial charge in [-0.1, -0.05) is 12.1 Å². The van der Waals surface area contributed by atoms with Crippen LogP contribution in [0.5, 0.6) is 0 Å². The molecule has 2 aromatic carbocycles. The highest BCUT2D eigenvalue weighted by Crippen LogP contribution is 2.32. The highest BCUT2D eigenvalue weighted by molar-refractivity contribution is 7.89. The van der Waals surface area contributed by atoms with Crippen molar-refractivity contribution in [1.82, 2.24) is 9.29 Å². The zero-order valence-electron chi connectivity index (χ0n) is 16.7. The Bertz CT molecular complexity index is 1210.